The van der Waals surface area contributed by atoms with E-state index in [1.165, 1.54) is 0 Å². The third kappa shape index (κ3) is 3.74. The molecule has 4 nitrogen and oxygen atoms in total. The number of aliphatic hydroxyl groups is 1. The zero-order chi connectivity index (χ0) is 11.5. The van der Waals surface area contributed by atoms with Gasteiger partial charge in [0.15, 0.2) is 0 Å². The van der Waals surface area contributed by atoms with Crippen LogP contribution in [0.3, 0.4) is 0 Å². The highest BCUT2D eigenvalue weighted by Crippen LogP contribution is 2.27. The SMILES string of the molecule is CCC(CC)C(O)CNS(=O)(=O)C1CC1. The third-order valence-corrected chi connectivity index (χ3v) is 4.97. The Morgan fingerprint density at radius 1 is 1.33 bits per heavy atom. The lowest BCUT2D eigenvalue weighted by molar-refractivity contribution is 0.107. The molecule has 0 radical (unpaired) electrons. The van der Waals surface area contributed by atoms with Crippen molar-refractivity contribution in [2.75, 3.05) is 6.54 Å². The Bertz CT molecular complexity index is 281. The number of rotatable bonds is 7. The van der Waals surface area contributed by atoms with Crippen LogP contribution in [-0.4, -0.2) is 31.4 Å². The average molecular weight is 235 g/mol. The Balaban J connectivity index is 2.35. The molecule has 1 atom stereocenters. The summed E-state index contributed by atoms with van der Waals surface area (Å²) >= 11 is 0. The molecule has 15 heavy (non-hydrogen) atoms. The highest BCUT2D eigenvalue weighted by molar-refractivity contribution is 7.90. The number of nitrogens with one attached hydrogen (secondary N) is 1. The van der Waals surface area contributed by atoms with Crippen molar-refractivity contribution in [3.63, 3.8) is 0 Å². The van der Waals surface area contributed by atoms with Crippen LogP contribution in [0, 0.1) is 5.92 Å². The van der Waals surface area contributed by atoms with Crippen molar-refractivity contribution in [1.29, 1.82) is 0 Å². The van der Waals surface area contributed by atoms with E-state index in [9.17, 15) is 13.5 Å². The lowest BCUT2D eigenvalue weighted by Gasteiger charge is -2.20. The van der Waals surface area contributed by atoms with Gasteiger partial charge in [-0.15, -0.1) is 0 Å². The van der Waals surface area contributed by atoms with Crippen molar-refractivity contribution in [3.05, 3.63) is 0 Å². The Hall–Kier alpha value is -0.130. The zero-order valence-electron chi connectivity index (χ0n) is 9.44. The minimum absolute atomic E-state index is 0.158. The molecule has 0 aromatic carbocycles. The molecule has 1 rings (SSSR count). The van der Waals surface area contributed by atoms with Crippen LogP contribution in [0.15, 0.2) is 0 Å². The molecular weight excluding hydrogens is 214 g/mol. The van der Waals surface area contributed by atoms with Crippen LogP contribution in [0.4, 0.5) is 0 Å². The molecule has 0 heterocycles. The maximum Gasteiger partial charge on any atom is 0.214 e. The second-order valence-corrected chi connectivity index (χ2v) is 6.28. The van der Waals surface area contributed by atoms with Crippen molar-refractivity contribution in [2.24, 2.45) is 5.92 Å². The largest absolute Gasteiger partial charge is 0.391 e. The summed E-state index contributed by atoms with van der Waals surface area (Å²) in [5.74, 6) is 0.187. The fourth-order valence-corrected chi connectivity index (χ4v) is 3.09. The standard InChI is InChI=1S/C10H21NO3S/c1-3-8(4-2)10(12)7-11-15(13,14)9-5-6-9/h8-12H,3-7H2,1-2H3. The number of hydrogen-bond acceptors (Lipinski definition) is 3. The molecule has 1 saturated carbocycles. The molecule has 1 fully saturated rings. The molecule has 1 aliphatic carbocycles. The van der Waals surface area contributed by atoms with Gasteiger partial charge in [-0.2, -0.15) is 0 Å². The molecular formula is C10H21NO3S. The summed E-state index contributed by atoms with van der Waals surface area (Å²) in [4.78, 5) is 0. The lowest BCUT2D eigenvalue weighted by Crippen LogP contribution is -2.37. The molecule has 0 bridgehead atoms. The zero-order valence-corrected chi connectivity index (χ0v) is 10.3. The summed E-state index contributed by atoms with van der Waals surface area (Å²) in [5, 5.41) is 9.55. The summed E-state index contributed by atoms with van der Waals surface area (Å²) in [6, 6.07) is 0. The lowest BCUT2D eigenvalue weighted by atomic mass is 9.97. The summed E-state index contributed by atoms with van der Waals surface area (Å²) in [7, 11) is -3.14. The van der Waals surface area contributed by atoms with Crippen LogP contribution in [0.25, 0.3) is 0 Å². The van der Waals surface area contributed by atoms with Crippen molar-refractivity contribution >= 4 is 10.0 Å². The van der Waals surface area contributed by atoms with Crippen LogP contribution >= 0.6 is 0 Å². The number of sulfonamides is 1. The van der Waals surface area contributed by atoms with E-state index in [0.717, 1.165) is 25.7 Å². The van der Waals surface area contributed by atoms with Crippen LogP contribution in [0.1, 0.15) is 39.5 Å². The van der Waals surface area contributed by atoms with Gasteiger partial charge >= 0.3 is 0 Å². The molecule has 0 amide bonds. The van der Waals surface area contributed by atoms with E-state index < -0.39 is 16.1 Å². The Morgan fingerprint density at radius 2 is 1.87 bits per heavy atom. The van der Waals surface area contributed by atoms with Gasteiger partial charge in [-0.05, 0) is 18.8 Å². The van der Waals surface area contributed by atoms with Crippen LogP contribution < -0.4 is 4.72 Å². The second-order valence-electron chi connectivity index (χ2n) is 4.24. The summed E-state index contributed by atoms with van der Waals surface area (Å²) in [6.45, 7) is 4.17. The first-order chi connectivity index (χ1) is 7.01. The van der Waals surface area contributed by atoms with Gasteiger partial charge in [0.1, 0.15) is 0 Å². The van der Waals surface area contributed by atoms with E-state index in [4.69, 9.17) is 0 Å². The maximum atomic E-state index is 11.5. The Kier molecular flexibility index (Phi) is 4.55. The smallest absolute Gasteiger partial charge is 0.214 e. The van der Waals surface area contributed by atoms with Crippen molar-refractivity contribution in [3.8, 4) is 0 Å². The van der Waals surface area contributed by atoms with Gasteiger partial charge in [-0.3, -0.25) is 0 Å². The van der Waals surface area contributed by atoms with Crippen LogP contribution in [0.2, 0.25) is 0 Å². The number of aliphatic hydroxyl groups excluding tert-OH is 1. The van der Waals surface area contributed by atoms with Gasteiger partial charge in [0.2, 0.25) is 10.0 Å². The fraction of sp³-hybridized carbons (Fsp3) is 1.00. The van der Waals surface area contributed by atoms with Gasteiger partial charge in [0.25, 0.3) is 0 Å². The van der Waals surface area contributed by atoms with E-state index in [1.807, 2.05) is 13.8 Å². The molecule has 0 spiro atoms. The molecule has 0 aliphatic heterocycles. The van der Waals surface area contributed by atoms with E-state index in [0.29, 0.717) is 0 Å². The quantitative estimate of drug-likeness (QED) is 0.688. The minimum Gasteiger partial charge on any atom is -0.391 e. The predicted octanol–water partition coefficient (Wildman–Crippen LogP) is 0.865. The maximum absolute atomic E-state index is 11.5. The highest BCUT2D eigenvalue weighted by atomic mass is 32.2. The first-order valence-electron chi connectivity index (χ1n) is 5.67. The average Bonchev–Trinajstić information content (AvgIpc) is 3.00. The normalized spacial score (nSPS) is 19.5. The summed E-state index contributed by atoms with van der Waals surface area (Å²) < 4.78 is 25.4. The predicted molar refractivity (Wildman–Crippen MR) is 60.0 cm³/mol. The van der Waals surface area contributed by atoms with E-state index in [2.05, 4.69) is 4.72 Å². The van der Waals surface area contributed by atoms with Crippen LogP contribution in [0.5, 0.6) is 0 Å². The van der Waals surface area contributed by atoms with Crippen molar-refractivity contribution in [1.82, 2.24) is 4.72 Å². The topological polar surface area (TPSA) is 66.4 Å². The van der Waals surface area contributed by atoms with Gasteiger partial charge in [-0.25, -0.2) is 13.1 Å². The minimum atomic E-state index is -3.14. The highest BCUT2D eigenvalue weighted by Gasteiger charge is 2.35. The molecule has 90 valence electrons. The van der Waals surface area contributed by atoms with Crippen molar-refractivity contribution in [2.45, 2.75) is 50.9 Å². The fourth-order valence-electron chi connectivity index (χ4n) is 1.70. The second kappa shape index (κ2) is 5.27. The number of hydrogen-bond donors (Lipinski definition) is 2. The Morgan fingerprint density at radius 3 is 2.27 bits per heavy atom. The van der Waals surface area contributed by atoms with E-state index >= 15 is 0 Å². The molecule has 0 aromatic rings. The van der Waals surface area contributed by atoms with Gasteiger partial charge < -0.3 is 5.11 Å². The summed E-state index contributed by atoms with van der Waals surface area (Å²) in [6.07, 6.45) is 2.71. The first kappa shape index (κ1) is 12.9. The molecule has 0 saturated heterocycles. The third-order valence-electron chi connectivity index (χ3n) is 3.05. The van der Waals surface area contributed by atoms with Gasteiger partial charge in [-0.1, -0.05) is 26.7 Å². The Labute approximate surface area is 92.1 Å². The molecule has 5 heteroatoms. The summed E-state index contributed by atoms with van der Waals surface area (Å²) in [5.41, 5.74) is 0. The van der Waals surface area contributed by atoms with Crippen LogP contribution in [-0.2, 0) is 10.0 Å². The molecule has 1 aliphatic rings. The monoisotopic (exact) mass is 235 g/mol. The van der Waals surface area contributed by atoms with E-state index in [1.54, 1.807) is 0 Å². The van der Waals surface area contributed by atoms with Gasteiger partial charge in [0, 0.05) is 6.54 Å². The van der Waals surface area contributed by atoms with Crippen molar-refractivity contribution < 1.29 is 13.5 Å². The molecule has 0 aromatic heterocycles. The molecule has 1 unspecified atom stereocenters. The molecule has 2 N–H and O–H groups in total. The van der Waals surface area contributed by atoms with E-state index in [-0.39, 0.29) is 17.7 Å². The first-order valence-corrected chi connectivity index (χ1v) is 7.22. The van der Waals surface area contributed by atoms with Gasteiger partial charge in [0.05, 0.1) is 11.4 Å².